The minimum absolute atomic E-state index is 0.660. The molecule has 0 radical (unpaired) electrons. The lowest BCUT2D eigenvalue weighted by Gasteiger charge is -2.29. The molecule has 0 heterocycles. The van der Waals surface area contributed by atoms with E-state index < -0.39 is 0 Å². The van der Waals surface area contributed by atoms with Crippen LogP contribution in [0.25, 0.3) is 0 Å². The van der Waals surface area contributed by atoms with Gasteiger partial charge in [0.15, 0.2) is 0 Å². The van der Waals surface area contributed by atoms with E-state index in [-0.39, 0.29) is 0 Å². The molecule has 1 N–H and O–H groups in total. The zero-order valence-corrected chi connectivity index (χ0v) is 10.8. The molecule has 1 rings (SSSR count). The first-order chi connectivity index (χ1) is 6.72. The van der Waals surface area contributed by atoms with Crippen LogP contribution in [0.5, 0.6) is 0 Å². The van der Waals surface area contributed by atoms with E-state index in [1.165, 1.54) is 32.1 Å². The van der Waals surface area contributed by atoms with Crippen LogP contribution < -0.4 is 5.32 Å². The van der Waals surface area contributed by atoms with E-state index in [0.29, 0.717) is 6.04 Å². The number of hydrogen-bond donors (Lipinski definition) is 1. The van der Waals surface area contributed by atoms with E-state index in [2.05, 4.69) is 26.1 Å². The van der Waals surface area contributed by atoms with Crippen LogP contribution in [-0.2, 0) is 0 Å². The molecule has 0 saturated heterocycles. The lowest BCUT2D eigenvalue weighted by molar-refractivity contribution is 0.276. The number of nitrogens with one attached hydrogen (secondary N) is 1. The Morgan fingerprint density at radius 3 is 1.93 bits per heavy atom. The fraction of sp³-hybridized carbons (Fsp3) is 1.00. The molecule has 1 fully saturated rings. The number of rotatable bonds is 3. The highest BCUT2D eigenvalue weighted by molar-refractivity contribution is 4.77. The Kier molecular flexibility index (Phi) is 8.26. The van der Waals surface area contributed by atoms with E-state index >= 15 is 0 Å². The third kappa shape index (κ3) is 5.64. The van der Waals surface area contributed by atoms with Gasteiger partial charge in [0.05, 0.1) is 0 Å². The Bertz CT molecular complexity index is 112. The Balaban J connectivity index is 0.000000791. The highest BCUT2D eigenvalue weighted by Crippen LogP contribution is 2.26. The van der Waals surface area contributed by atoms with E-state index in [9.17, 15) is 0 Å². The smallest absolute Gasteiger partial charge is 0.00696 e. The van der Waals surface area contributed by atoms with Crippen LogP contribution in [0.3, 0.4) is 0 Å². The summed E-state index contributed by atoms with van der Waals surface area (Å²) in [5.41, 5.74) is 0. The fourth-order valence-corrected chi connectivity index (χ4v) is 2.21. The first-order valence-electron chi connectivity index (χ1n) is 6.48. The zero-order chi connectivity index (χ0) is 11.0. The van der Waals surface area contributed by atoms with Crippen molar-refractivity contribution in [2.45, 2.75) is 78.8 Å². The molecular weight excluding hydrogens is 170 g/mol. The van der Waals surface area contributed by atoms with Crippen LogP contribution in [0.4, 0.5) is 0 Å². The molecule has 86 valence electrons. The second-order valence-corrected chi connectivity index (χ2v) is 4.45. The Hall–Kier alpha value is -0.0400. The zero-order valence-electron chi connectivity index (χ0n) is 10.8. The van der Waals surface area contributed by atoms with Crippen molar-refractivity contribution in [3.63, 3.8) is 0 Å². The van der Waals surface area contributed by atoms with E-state index in [4.69, 9.17) is 0 Å². The van der Waals surface area contributed by atoms with Gasteiger partial charge in [-0.15, -0.1) is 0 Å². The van der Waals surface area contributed by atoms with Crippen LogP contribution in [0.1, 0.15) is 66.7 Å². The summed E-state index contributed by atoms with van der Waals surface area (Å²) in [7, 11) is 0. The summed E-state index contributed by atoms with van der Waals surface area (Å²) in [5.74, 6) is 1.02. The quantitative estimate of drug-likeness (QED) is 0.725. The van der Waals surface area contributed by atoms with Gasteiger partial charge in [-0.05, 0) is 31.6 Å². The topological polar surface area (TPSA) is 12.0 Å². The molecule has 1 aliphatic rings. The van der Waals surface area contributed by atoms with Gasteiger partial charge in [-0.25, -0.2) is 0 Å². The molecule has 1 saturated carbocycles. The van der Waals surface area contributed by atoms with Crippen molar-refractivity contribution in [2.24, 2.45) is 5.92 Å². The highest BCUT2D eigenvalue weighted by Gasteiger charge is 2.19. The van der Waals surface area contributed by atoms with Crippen molar-refractivity contribution < 1.29 is 0 Å². The molecule has 0 spiro atoms. The maximum atomic E-state index is 3.63. The maximum absolute atomic E-state index is 3.63. The fourth-order valence-electron chi connectivity index (χ4n) is 2.21. The van der Waals surface area contributed by atoms with E-state index in [1.807, 2.05) is 13.8 Å². The molecule has 1 aliphatic carbocycles. The minimum atomic E-state index is 0.660. The average molecular weight is 199 g/mol. The van der Waals surface area contributed by atoms with Crippen molar-refractivity contribution in [3.05, 3.63) is 0 Å². The summed E-state index contributed by atoms with van der Waals surface area (Å²) in [6.45, 7) is 10.8. The van der Waals surface area contributed by atoms with Gasteiger partial charge in [0, 0.05) is 12.1 Å². The van der Waals surface area contributed by atoms with Crippen molar-refractivity contribution in [2.75, 3.05) is 0 Å². The van der Waals surface area contributed by atoms with Gasteiger partial charge in [0.2, 0.25) is 0 Å². The first kappa shape index (κ1) is 14.0. The Morgan fingerprint density at radius 2 is 1.57 bits per heavy atom. The second-order valence-electron chi connectivity index (χ2n) is 4.45. The van der Waals surface area contributed by atoms with Crippen LogP contribution >= 0.6 is 0 Å². The molecule has 0 aromatic heterocycles. The second kappa shape index (κ2) is 8.28. The highest BCUT2D eigenvalue weighted by atomic mass is 14.9. The average Bonchev–Trinajstić information content (AvgIpc) is 2.21. The summed E-state index contributed by atoms with van der Waals surface area (Å²) in [6.07, 6.45) is 7.07. The van der Waals surface area contributed by atoms with E-state index in [0.717, 1.165) is 12.0 Å². The van der Waals surface area contributed by atoms with Crippen LogP contribution in [0, 0.1) is 5.92 Å². The van der Waals surface area contributed by atoms with Crippen molar-refractivity contribution in [3.8, 4) is 0 Å². The molecule has 0 bridgehead atoms. The van der Waals surface area contributed by atoms with Gasteiger partial charge in [0.1, 0.15) is 0 Å². The minimum Gasteiger partial charge on any atom is -0.312 e. The third-order valence-electron chi connectivity index (χ3n) is 2.99. The summed E-state index contributed by atoms with van der Waals surface area (Å²) in [4.78, 5) is 0. The molecule has 1 heteroatoms. The standard InChI is InChI=1S/C11H23N.C2H6/c1-4-10-5-7-11(8-6-10)12-9(2)3;1-2/h9-12H,4-8H2,1-3H3;1-2H3. The van der Waals surface area contributed by atoms with Gasteiger partial charge in [0.25, 0.3) is 0 Å². The Labute approximate surface area is 90.7 Å². The lowest BCUT2D eigenvalue weighted by atomic mass is 9.84. The molecule has 0 atom stereocenters. The van der Waals surface area contributed by atoms with Crippen LogP contribution in [0.15, 0.2) is 0 Å². The summed E-state index contributed by atoms with van der Waals surface area (Å²) < 4.78 is 0. The van der Waals surface area contributed by atoms with Gasteiger partial charge in [-0.3, -0.25) is 0 Å². The van der Waals surface area contributed by atoms with Gasteiger partial charge >= 0.3 is 0 Å². The largest absolute Gasteiger partial charge is 0.312 e. The first-order valence-corrected chi connectivity index (χ1v) is 6.48. The molecule has 0 aromatic rings. The predicted octanol–water partition coefficient (Wildman–Crippen LogP) is 3.98. The molecule has 14 heavy (non-hydrogen) atoms. The van der Waals surface area contributed by atoms with E-state index in [1.54, 1.807) is 0 Å². The van der Waals surface area contributed by atoms with Crippen molar-refractivity contribution >= 4 is 0 Å². The van der Waals surface area contributed by atoms with Gasteiger partial charge < -0.3 is 5.32 Å². The lowest BCUT2D eigenvalue weighted by Crippen LogP contribution is -2.37. The van der Waals surface area contributed by atoms with Crippen molar-refractivity contribution in [1.29, 1.82) is 0 Å². The normalized spacial score (nSPS) is 27.0. The SMILES string of the molecule is CC.CCC1CCC(NC(C)C)CC1. The van der Waals surface area contributed by atoms with Crippen molar-refractivity contribution in [1.82, 2.24) is 5.32 Å². The van der Waals surface area contributed by atoms with Crippen LogP contribution in [-0.4, -0.2) is 12.1 Å². The van der Waals surface area contributed by atoms with Crippen LogP contribution in [0.2, 0.25) is 0 Å². The molecular formula is C13H29N. The monoisotopic (exact) mass is 199 g/mol. The molecule has 0 aromatic carbocycles. The summed E-state index contributed by atoms with van der Waals surface area (Å²) in [5, 5.41) is 3.63. The molecule has 0 unspecified atom stereocenters. The van der Waals surface area contributed by atoms with Gasteiger partial charge in [-0.2, -0.15) is 0 Å². The predicted molar refractivity (Wildman–Crippen MR) is 65.7 cm³/mol. The number of hydrogen-bond acceptors (Lipinski definition) is 1. The van der Waals surface area contributed by atoms with Gasteiger partial charge in [-0.1, -0.05) is 41.0 Å². The summed E-state index contributed by atoms with van der Waals surface area (Å²) >= 11 is 0. The Morgan fingerprint density at radius 1 is 1.07 bits per heavy atom. The summed E-state index contributed by atoms with van der Waals surface area (Å²) in [6, 6.07) is 1.47. The maximum Gasteiger partial charge on any atom is 0.00696 e. The third-order valence-corrected chi connectivity index (χ3v) is 2.99. The molecule has 1 nitrogen and oxygen atoms in total. The molecule has 0 aliphatic heterocycles. The molecule has 0 amide bonds.